The molecule has 0 spiro atoms. The molecule has 0 aliphatic heterocycles. The minimum absolute atomic E-state index is 0.533. The lowest BCUT2D eigenvalue weighted by molar-refractivity contribution is 0.371. The van der Waals surface area contributed by atoms with Crippen molar-refractivity contribution in [2.75, 3.05) is 14.1 Å². The third-order valence-corrected chi connectivity index (χ3v) is 5.29. The molecule has 0 radical (unpaired) electrons. The summed E-state index contributed by atoms with van der Waals surface area (Å²) >= 11 is 7.76. The molecule has 124 valence electrons. The molecule has 3 rings (SSSR count). The lowest BCUT2D eigenvalue weighted by Gasteiger charge is -2.28. The number of hydrogen-bond acceptors (Lipinski definition) is 4. The number of aromatic nitrogens is 2. The Morgan fingerprint density at radius 1 is 1.26 bits per heavy atom. The van der Waals surface area contributed by atoms with E-state index in [0.29, 0.717) is 12.0 Å². The Morgan fingerprint density at radius 2 is 2.04 bits per heavy atom. The minimum atomic E-state index is 0.533. The Kier molecular flexibility index (Phi) is 5.64. The first kappa shape index (κ1) is 16.8. The predicted molar refractivity (Wildman–Crippen MR) is 98.4 cm³/mol. The molecule has 2 N–H and O–H groups in total. The molecule has 6 heteroatoms. The average molecular weight is 351 g/mol. The lowest BCUT2D eigenvalue weighted by Crippen LogP contribution is -2.30. The van der Waals surface area contributed by atoms with E-state index in [-0.39, 0.29) is 0 Å². The van der Waals surface area contributed by atoms with Gasteiger partial charge in [-0.3, -0.25) is 0 Å². The molecule has 1 aromatic heterocycles. The Bertz CT molecular complexity index is 635. The van der Waals surface area contributed by atoms with E-state index in [4.69, 9.17) is 11.6 Å². The van der Waals surface area contributed by atoms with Crippen LogP contribution in [0.1, 0.15) is 37.4 Å². The molecule has 0 bridgehead atoms. The molecule has 0 atom stereocenters. The fraction of sp³-hybridized carbons (Fsp3) is 0.471. The highest BCUT2D eigenvalue weighted by Gasteiger charge is 2.24. The van der Waals surface area contributed by atoms with Gasteiger partial charge in [0.2, 0.25) is 0 Å². The zero-order chi connectivity index (χ0) is 16.2. The molecule has 1 fully saturated rings. The van der Waals surface area contributed by atoms with Crippen LogP contribution in [-0.4, -0.2) is 34.4 Å². The Morgan fingerprint density at radius 3 is 2.74 bits per heavy atom. The van der Waals surface area contributed by atoms with Crippen molar-refractivity contribution in [2.45, 2.75) is 37.6 Å². The van der Waals surface area contributed by atoms with Crippen molar-refractivity contribution in [3.05, 3.63) is 41.3 Å². The maximum absolute atomic E-state index is 6.07. The summed E-state index contributed by atoms with van der Waals surface area (Å²) in [6.07, 6.45) is 6.66. The topological polar surface area (TPSA) is 44.0 Å². The number of nitrogens with one attached hydrogen (secondary N) is 2. The van der Waals surface area contributed by atoms with Gasteiger partial charge in [-0.05, 0) is 51.9 Å². The number of nitrogens with zero attached hydrogens (tertiary/aromatic N) is 2. The van der Waals surface area contributed by atoms with E-state index in [9.17, 15) is 0 Å². The second kappa shape index (κ2) is 7.71. The van der Waals surface area contributed by atoms with Crippen LogP contribution in [0.2, 0.25) is 5.02 Å². The van der Waals surface area contributed by atoms with Gasteiger partial charge in [-0.1, -0.05) is 23.7 Å². The quantitative estimate of drug-likeness (QED) is 0.781. The number of aromatic amines is 1. The fourth-order valence-electron chi connectivity index (χ4n) is 3.01. The molecular formula is C17H23ClN4S. The molecule has 1 saturated carbocycles. The van der Waals surface area contributed by atoms with Gasteiger partial charge in [-0.15, -0.1) is 0 Å². The molecule has 0 saturated heterocycles. The summed E-state index contributed by atoms with van der Waals surface area (Å²) < 4.78 is 5.62. The first-order valence-electron chi connectivity index (χ1n) is 8.02. The molecule has 1 aliphatic carbocycles. The van der Waals surface area contributed by atoms with Crippen molar-refractivity contribution in [3.63, 3.8) is 0 Å². The first-order valence-corrected chi connectivity index (χ1v) is 9.17. The van der Waals surface area contributed by atoms with Gasteiger partial charge in [0.1, 0.15) is 5.82 Å². The maximum Gasteiger partial charge on any atom is 0.109 e. The van der Waals surface area contributed by atoms with Gasteiger partial charge in [0.15, 0.2) is 0 Å². The van der Waals surface area contributed by atoms with Crippen molar-refractivity contribution in [3.8, 4) is 11.3 Å². The van der Waals surface area contributed by atoms with Gasteiger partial charge in [0.25, 0.3) is 0 Å². The van der Waals surface area contributed by atoms with Crippen LogP contribution in [0.15, 0.2) is 30.5 Å². The lowest BCUT2D eigenvalue weighted by atomic mass is 9.86. The number of H-pyrrole nitrogens is 1. The Hall–Kier alpha value is -1.01. The molecule has 0 amide bonds. The van der Waals surface area contributed by atoms with E-state index in [0.717, 1.165) is 22.1 Å². The van der Waals surface area contributed by atoms with Crippen LogP contribution in [0.3, 0.4) is 0 Å². The molecule has 1 aliphatic rings. The Balaban J connectivity index is 1.59. The van der Waals surface area contributed by atoms with Gasteiger partial charge in [-0.2, -0.15) is 0 Å². The van der Waals surface area contributed by atoms with Crippen LogP contribution in [-0.2, 0) is 0 Å². The van der Waals surface area contributed by atoms with Gasteiger partial charge >= 0.3 is 0 Å². The van der Waals surface area contributed by atoms with Crippen molar-refractivity contribution in [1.82, 2.24) is 19.0 Å². The Labute approximate surface area is 147 Å². The van der Waals surface area contributed by atoms with E-state index in [1.54, 1.807) is 12.1 Å². The highest BCUT2D eigenvalue weighted by Crippen LogP contribution is 2.33. The van der Waals surface area contributed by atoms with Crippen molar-refractivity contribution >= 4 is 23.7 Å². The molecule has 23 heavy (non-hydrogen) atoms. The SMILES string of the molecule is CN(C)SNC1CCC(c2ncc(-c3cccc(Cl)c3)[nH]2)CC1. The van der Waals surface area contributed by atoms with Crippen LogP contribution in [0.25, 0.3) is 11.3 Å². The predicted octanol–water partition coefficient (Wildman–Crippen LogP) is 4.47. The molecule has 1 aromatic carbocycles. The summed E-state index contributed by atoms with van der Waals surface area (Å²) in [4.78, 5) is 8.10. The number of rotatable bonds is 5. The zero-order valence-electron chi connectivity index (χ0n) is 13.6. The van der Waals surface area contributed by atoms with Gasteiger partial charge in [-0.25, -0.2) is 14.0 Å². The van der Waals surface area contributed by atoms with Crippen LogP contribution in [0.5, 0.6) is 0 Å². The highest BCUT2D eigenvalue weighted by atomic mass is 35.5. The second-order valence-corrected chi connectivity index (χ2v) is 7.85. The van der Waals surface area contributed by atoms with Crippen LogP contribution >= 0.6 is 23.7 Å². The molecule has 2 aromatic rings. The number of hydrogen-bond donors (Lipinski definition) is 2. The zero-order valence-corrected chi connectivity index (χ0v) is 15.1. The number of benzene rings is 1. The van der Waals surface area contributed by atoms with E-state index in [1.807, 2.05) is 24.4 Å². The monoisotopic (exact) mass is 350 g/mol. The summed E-state index contributed by atoms with van der Waals surface area (Å²) in [6, 6.07) is 8.49. The molecular weight excluding hydrogens is 328 g/mol. The average Bonchev–Trinajstić information content (AvgIpc) is 3.03. The summed E-state index contributed by atoms with van der Waals surface area (Å²) in [6.45, 7) is 0. The normalized spacial score (nSPS) is 21.7. The third kappa shape index (κ3) is 4.51. The third-order valence-electron chi connectivity index (χ3n) is 4.25. The van der Waals surface area contributed by atoms with Gasteiger partial charge < -0.3 is 4.98 Å². The van der Waals surface area contributed by atoms with Crippen LogP contribution < -0.4 is 4.72 Å². The summed E-state index contributed by atoms with van der Waals surface area (Å²) in [5, 5.41) is 0.753. The van der Waals surface area contributed by atoms with E-state index in [2.05, 4.69) is 39.2 Å². The van der Waals surface area contributed by atoms with E-state index in [1.165, 1.54) is 25.7 Å². The van der Waals surface area contributed by atoms with Gasteiger partial charge in [0.05, 0.1) is 11.9 Å². The molecule has 1 heterocycles. The molecule has 4 nitrogen and oxygen atoms in total. The van der Waals surface area contributed by atoms with E-state index >= 15 is 0 Å². The molecule has 0 unspecified atom stereocenters. The van der Waals surface area contributed by atoms with Crippen LogP contribution in [0.4, 0.5) is 0 Å². The summed E-state index contributed by atoms with van der Waals surface area (Å²) in [7, 11) is 4.12. The smallest absolute Gasteiger partial charge is 0.109 e. The van der Waals surface area contributed by atoms with Crippen LogP contribution in [0, 0.1) is 0 Å². The summed E-state index contributed by atoms with van der Waals surface area (Å²) in [5.41, 5.74) is 2.14. The number of halogens is 1. The van der Waals surface area contributed by atoms with Crippen molar-refractivity contribution in [1.29, 1.82) is 0 Å². The van der Waals surface area contributed by atoms with Gasteiger partial charge in [0, 0.05) is 34.7 Å². The number of imidazole rings is 1. The van der Waals surface area contributed by atoms with E-state index < -0.39 is 0 Å². The maximum atomic E-state index is 6.07. The highest BCUT2D eigenvalue weighted by molar-refractivity contribution is 7.95. The summed E-state index contributed by atoms with van der Waals surface area (Å²) in [5.74, 6) is 1.64. The standard InChI is InChI=1S/C17H23ClN4S/c1-22(2)23-21-15-8-6-12(7-9-15)17-19-11-16(20-17)13-4-3-5-14(18)10-13/h3-5,10-12,15,21H,6-9H2,1-2H3,(H,19,20). The second-order valence-electron chi connectivity index (χ2n) is 6.26. The van der Waals surface area contributed by atoms with Crippen molar-refractivity contribution < 1.29 is 0 Å². The minimum Gasteiger partial charge on any atom is -0.342 e. The largest absolute Gasteiger partial charge is 0.342 e. The van der Waals surface area contributed by atoms with Crippen molar-refractivity contribution in [2.24, 2.45) is 0 Å². The fourth-order valence-corrected chi connectivity index (χ4v) is 3.80. The first-order chi connectivity index (χ1) is 11.1.